The van der Waals surface area contributed by atoms with E-state index in [-0.39, 0.29) is 0 Å². The number of anilines is 1. The van der Waals surface area contributed by atoms with Gasteiger partial charge in [0.2, 0.25) is 0 Å². The zero-order valence-electron chi connectivity index (χ0n) is 13.1. The molecule has 0 aliphatic heterocycles. The Balaban J connectivity index is 1.71. The molecule has 1 aromatic heterocycles. The largest absolute Gasteiger partial charge is 0.367 e. The Morgan fingerprint density at radius 2 is 2.14 bits per heavy atom. The first kappa shape index (κ1) is 14.6. The van der Waals surface area contributed by atoms with E-state index in [1.165, 1.54) is 34.5 Å². The van der Waals surface area contributed by atoms with Gasteiger partial charge in [-0.2, -0.15) is 0 Å². The topological polar surface area (TPSA) is 15.3 Å². The lowest BCUT2D eigenvalue weighted by molar-refractivity contribution is 0.684. The molecule has 0 amide bonds. The van der Waals surface area contributed by atoms with Crippen LogP contribution in [0.15, 0.2) is 35.7 Å². The van der Waals surface area contributed by atoms with Crippen LogP contribution in [0.1, 0.15) is 41.8 Å². The van der Waals surface area contributed by atoms with Crippen molar-refractivity contribution in [1.82, 2.24) is 5.32 Å². The molecule has 0 saturated heterocycles. The van der Waals surface area contributed by atoms with Crippen molar-refractivity contribution < 1.29 is 0 Å². The average Bonchev–Trinajstić information content (AvgIpc) is 3.15. The summed E-state index contributed by atoms with van der Waals surface area (Å²) in [5.74, 6) is 0. The van der Waals surface area contributed by atoms with Crippen molar-refractivity contribution in [3.8, 4) is 0 Å². The lowest BCUT2D eigenvalue weighted by Gasteiger charge is -2.27. The van der Waals surface area contributed by atoms with E-state index in [0.717, 1.165) is 12.6 Å². The fourth-order valence-electron chi connectivity index (χ4n) is 2.58. The van der Waals surface area contributed by atoms with Gasteiger partial charge in [0.15, 0.2) is 0 Å². The number of nitrogens with one attached hydrogen (secondary N) is 1. The summed E-state index contributed by atoms with van der Waals surface area (Å²) in [6.45, 7) is 5.49. The molecule has 21 heavy (non-hydrogen) atoms. The monoisotopic (exact) mass is 300 g/mol. The molecule has 2 nitrogen and oxygen atoms in total. The first-order chi connectivity index (χ1) is 10.1. The summed E-state index contributed by atoms with van der Waals surface area (Å²) in [6.07, 6.45) is 2.69. The zero-order valence-corrected chi connectivity index (χ0v) is 13.9. The van der Waals surface area contributed by atoms with Crippen molar-refractivity contribution in [3.05, 3.63) is 51.7 Å². The summed E-state index contributed by atoms with van der Waals surface area (Å²) in [6, 6.07) is 12.4. The van der Waals surface area contributed by atoms with Gasteiger partial charge in [-0.05, 0) is 61.4 Å². The molecule has 1 atom stereocenters. The molecule has 1 fully saturated rings. The van der Waals surface area contributed by atoms with E-state index in [9.17, 15) is 0 Å². The normalized spacial score (nSPS) is 16.0. The standard InChI is InChI=1S/C18H24N2S/c1-13-11-17(9-6-15(13)12-19-16-7-8-16)20(3)14(2)18-5-4-10-21-18/h4-6,9-11,14,16,19H,7-8,12H2,1-3H3. The van der Waals surface area contributed by atoms with E-state index in [0.29, 0.717) is 6.04 Å². The van der Waals surface area contributed by atoms with E-state index in [2.05, 4.69) is 66.8 Å². The lowest BCUT2D eigenvalue weighted by Crippen LogP contribution is -2.21. The van der Waals surface area contributed by atoms with Gasteiger partial charge < -0.3 is 10.2 Å². The van der Waals surface area contributed by atoms with Crippen LogP contribution < -0.4 is 10.2 Å². The highest BCUT2D eigenvalue weighted by Gasteiger charge is 2.20. The Labute approximate surface area is 131 Å². The summed E-state index contributed by atoms with van der Waals surface area (Å²) in [4.78, 5) is 3.77. The molecule has 3 heteroatoms. The van der Waals surface area contributed by atoms with Gasteiger partial charge in [-0.3, -0.25) is 0 Å². The van der Waals surface area contributed by atoms with E-state index < -0.39 is 0 Å². The van der Waals surface area contributed by atoms with Crippen molar-refractivity contribution in [3.63, 3.8) is 0 Å². The van der Waals surface area contributed by atoms with Gasteiger partial charge in [-0.25, -0.2) is 0 Å². The zero-order chi connectivity index (χ0) is 14.8. The maximum Gasteiger partial charge on any atom is 0.0603 e. The third kappa shape index (κ3) is 3.47. The molecule has 1 unspecified atom stereocenters. The highest BCUT2D eigenvalue weighted by atomic mass is 32.1. The molecular formula is C18H24N2S. The Hall–Kier alpha value is -1.32. The van der Waals surface area contributed by atoms with Crippen molar-refractivity contribution in [2.24, 2.45) is 0 Å². The lowest BCUT2D eigenvalue weighted by atomic mass is 10.1. The van der Waals surface area contributed by atoms with Crippen LogP contribution in [0.3, 0.4) is 0 Å². The van der Waals surface area contributed by atoms with Crippen LogP contribution in [0.2, 0.25) is 0 Å². The van der Waals surface area contributed by atoms with Crippen molar-refractivity contribution in [1.29, 1.82) is 0 Å². The highest BCUT2D eigenvalue weighted by Crippen LogP contribution is 2.29. The molecule has 3 rings (SSSR count). The number of thiophene rings is 1. The van der Waals surface area contributed by atoms with Crippen molar-refractivity contribution >= 4 is 17.0 Å². The second kappa shape index (κ2) is 6.20. The number of rotatable bonds is 6. The molecule has 112 valence electrons. The molecular weight excluding hydrogens is 276 g/mol. The summed E-state index contributed by atoms with van der Waals surface area (Å²) in [5, 5.41) is 5.75. The van der Waals surface area contributed by atoms with Crippen LogP contribution in [0.25, 0.3) is 0 Å². The van der Waals surface area contributed by atoms with Gasteiger partial charge in [-0.1, -0.05) is 12.1 Å². The van der Waals surface area contributed by atoms with Gasteiger partial charge in [-0.15, -0.1) is 11.3 Å². The predicted molar refractivity (Wildman–Crippen MR) is 92.2 cm³/mol. The van der Waals surface area contributed by atoms with Crippen molar-refractivity contribution in [2.75, 3.05) is 11.9 Å². The van der Waals surface area contributed by atoms with E-state index in [4.69, 9.17) is 0 Å². The number of hydrogen-bond donors (Lipinski definition) is 1. The van der Waals surface area contributed by atoms with E-state index in [1.54, 1.807) is 0 Å². The summed E-state index contributed by atoms with van der Waals surface area (Å²) >= 11 is 1.83. The van der Waals surface area contributed by atoms with Crippen LogP contribution in [-0.4, -0.2) is 13.1 Å². The average molecular weight is 300 g/mol. The Morgan fingerprint density at radius 3 is 2.76 bits per heavy atom. The van der Waals surface area contributed by atoms with Crippen LogP contribution in [-0.2, 0) is 6.54 Å². The molecule has 2 aromatic rings. The number of aryl methyl sites for hydroxylation is 1. The second-order valence-electron chi connectivity index (χ2n) is 6.07. The van der Waals surface area contributed by atoms with Crippen LogP contribution in [0.4, 0.5) is 5.69 Å². The summed E-state index contributed by atoms with van der Waals surface area (Å²) in [5.41, 5.74) is 4.09. The van der Waals surface area contributed by atoms with Gasteiger partial charge in [0.1, 0.15) is 0 Å². The number of nitrogens with zero attached hydrogens (tertiary/aromatic N) is 1. The molecule has 1 aliphatic carbocycles. The number of benzene rings is 1. The smallest absolute Gasteiger partial charge is 0.0603 e. The van der Waals surface area contributed by atoms with Gasteiger partial charge >= 0.3 is 0 Å². The van der Waals surface area contributed by atoms with Crippen LogP contribution >= 0.6 is 11.3 Å². The summed E-state index contributed by atoms with van der Waals surface area (Å²) < 4.78 is 0. The fraction of sp³-hybridized carbons (Fsp3) is 0.444. The molecule has 1 saturated carbocycles. The SMILES string of the molecule is Cc1cc(N(C)C(C)c2cccs2)ccc1CNC1CC1. The second-order valence-corrected chi connectivity index (χ2v) is 7.05. The molecule has 0 bridgehead atoms. The quantitative estimate of drug-likeness (QED) is 0.844. The Morgan fingerprint density at radius 1 is 1.33 bits per heavy atom. The Bertz CT molecular complexity index is 587. The minimum absolute atomic E-state index is 0.417. The maximum absolute atomic E-state index is 3.60. The number of hydrogen-bond acceptors (Lipinski definition) is 3. The molecule has 1 aliphatic rings. The predicted octanol–water partition coefficient (Wildman–Crippen LogP) is 4.51. The van der Waals surface area contributed by atoms with Crippen LogP contribution in [0.5, 0.6) is 0 Å². The third-order valence-corrected chi connectivity index (χ3v) is 5.47. The maximum atomic E-state index is 3.60. The first-order valence-electron chi connectivity index (χ1n) is 7.74. The van der Waals surface area contributed by atoms with Gasteiger partial charge in [0.05, 0.1) is 6.04 Å². The molecule has 0 spiro atoms. The van der Waals surface area contributed by atoms with Crippen molar-refractivity contribution in [2.45, 2.75) is 45.3 Å². The first-order valence-corrected chi connectivity index (χ1v) is 8.62. The third-order valence-electron chi connectivity index (χ3n) is 4.43. The highest BCUT2D eigenvalue weighted by molar-refractivity contribution is 7.10. The van der Waals surface area contributed by atoms with Gasteiger partial charge in [0.25, 0.3) is 0 Å². The van der Waals surface area contributed by atoms with E-state index >= 15 is 0 Å². The molecule has 0 radical (unpaired) electrons. The van der Waals surface area contributed by atoms with Crippen LogP contribution in [0, 0.1) is 6.92 Å². The summed E-state index contributed by atoms with van der Waals surface area (Å²) in [7, 11) is 2.18. The molecule has 1 heterocycles. The fourth-order valence-corrected chi connectivity index (χ4v) is 3.41. The Kier molecular flexibility index (Phi) is 4.32. The molecule has 1 aromatic carbocycles. The van der Waals surface area contributed by atoms with E-state index in [1.807, 2.05) is 11.3 Å². The van der Waals surface area contributed by atoms with Gasteiger partial charge in [0, 0.05) is 30.2 Å². The molecule has 1 N–H and O–H groups in total. The minimum atomic E-state index is 0.417. The minimum Gasteiger partial charge on any atom is -0.367 e.